The molecule has 10 heteroatoms. The maximum Gasteiger partial charge on any atom is 0.324 e. The predicted octanol–water partition coefficient (Wildman–Crippen LogP) is 1.94. The number of ether oxygens (including phenoxy) is 1. The Kier molecular flexibility index (Phi) is 5.74. The number of aromatic nitrogens is 1. The SMILES string of the molecule is Cc1cnc(N=C(N)N)c2cc(S(=O)(=O)N3CCC[C@@H]3C(=O)OC(C)(C)C)ccc12. The van der Waals surface area contributed by atoms with Gasteiger partial charge in [-0.1, -0.05) is 6.07 Å². The van der Waals surface area contributed by atoms with E-state index in [1.165, 1.54) is 16.4 Å². The first-order valence-corrected chi connectivity index (χ1v) is 11.1. The Morgan fingerprint density at radius 3 is 2.60 bits per heavy atom. The van der Waals surface area contributed by atoms with E-state index in [0.717, 1.165) is 10.9 Å². The van der Waals surface area contributed by atoms with Gasteiger partial charge in [0, 0.05) is 18.1 Å². The van der Waals surface area contributed by atoms with Gasteiger partial charge in [-0.3, -0.25) is 4.79 Å². The number of benzene rings is 1. The maximum absolute atomic E-state index is 13.4. The number of pyridine rings is 1. The standard InChI is InChI=1S/C20H27N5O4S/c1-12-11-23-17(24-19(21)22)15-10-13(7-8-14(12)15)30(27,28)25-9-5-6-16(25)18(26)29-20(2,3)4/h7-8,10-11,16H,5-6,9H2,1-4H3,(H4,21,22,23,24)/t16-/m1/s1. The van der Waals surface area contributed by atoms with Crippen LogP contribution >= 0.6 is 0 Å². The molecule has 4 N–H and O–H groups in total. The molecule has 3 rings (SSSR count). The van der Waals surface area contributed by atoms with Gasteiger partial charge in [0.25, 0.3) is 0 Å². The summed E-state index contributed by atoms with van der Waals surface area (Å²) in [7, 11) is -3.94. The summed E-state index contributed by atoms with van der Waals surface area (Å²) >= 11 is 0. The molecule has 1 atom stereocenters. The smallest absolute Gasteiger partial charge is 0.324 e. The number of esters is 1. The molecular weight excluding hydrogens is 406 g/mol. The Morgan fingerprint density at radius 2 is 1.97 bits per heavy atom. The van der Waals surface area contributed by atoms with Crippen molar-refractivity contribution in [3.05, 3.63) is 30.0 Å². The molecular formula is C20H27N5O4S. The van der Waals surface area contributed by atoms with Crippen molar-refractivity contribution in [3.8, 4) is 0 Å². The minimum atomic E-state index is -3.94. The zero-order chi connectivity index (χ0) is 22.3. The van der Waals surface area contributed by atoms with Gasteiger partial charge >= 0.3 is 5.97 Å². The summed E-state index contributed by atoms with van der Waals surface area (Å²) < 4.78 is 33.4. The van der Waals surface area contributed by atoms with Gasteiger partial charge in [0.05, 0.1) is 4.90 Å². The molecule has 0 saturated carbocycles. The van der Waals surface area contributed by atoms with Crippen molar-refractivity contribution >= 4 is 38.5 Å². The zero-order valence-corrected chi connectivity index (χ0v) is 18.4. The summed E-state index contributed by atoms with van der Waals surface area (Å²) in [5.41, 5.74) is 11.1. The number of rotatable bonds is 4. The summed E-state index contributed by atoms with van der Waals surface area (Å²) in [5.74, 6) is -0.480. The highest BCUT2D eigenvalue weighted by Crippen LogP contribution is 2.32. The van der Waals surface area contributed by atoms with E-state index < -0.39 is 27.6 Å². The van der Waals surface area contributed by atoms with Gasteiger partial charge < -0.3 is 16.2 Å². The van der Waals surface area contributed by atoms with Gasteiger partial charge in [-0.05, 0) is 63.6 Å². The van der Waals surface area contributed by atoms with Crippen molar-refractivity contribution in [2.45, 2.75) is 57.1 Å². The first-order chi connectivity index (χ1) is 13.9. The second-order valence-corrected chi connectivity index (χ2v) is 10.2. The summed E-state index contributed by atoms with van der Waals surface area (Å²) in [6, 6.07) is 3.87. The molecule has 0 radical (unpaired) electrons. The van der Waals surface area contributed by atoms with Crippen LogP contribution in [-0.4, -0.2) is 47.8 Å². The normalized spacial score (nSPS) is 17.8. The molecule has 0 unspecified atom stereocenters. The van der Waals surface area contributed by atoms with Crippen LogP contribution in [0.1, 0.15) is 39.2 Å². The fourth-order valence-electron chi connectivity index (χ4n) is 3.49. The monoisotopic (exact) mass is 433 g/mol. The van der Waals surface area contributed by atoms with E-state index in [2.05, 4.69) is 9.98 Å². The molecule has 0 bridgehead atoms. The third kappa shape index (κ3) is 4.39. The fraction of sp³-hybridized carbons (Fsp3) is 0.450. The van der Waals surface area contributed by atoms with Gasteiger partial charge in [-0.25, -0.2) is 13.4 Å². The van der Waals surface area contributed by atoms with Crippen LogP contribution in [0, 0.1) is 6.92 Å². The van der Waals surface area contributed by atoms with Gasteiger partial charge in [0.15, 0.2) is 11.8 Å². The van der Waals surface area contributed by atoms with Crippen LogP contribution in [0.4, 0.5) is 5.82 Å². The highest BCUT2D eigenvalue weighted by molar-refractivity contribution is 7.89. The molecule has 2 heterocycles. The zero-order valence-electron chi connectivity index (χ0n) is 17.5. The molecule has 0 spiro atoms. The second kappa shape index (κ2) is 7.84. The molecule has 1 aromatic carbocycles. The molecule has 1 aliphatic rings. The third-order valence-electron chi connectivity index (χ3n) is 4.76. The highest BCUT2D eigenvalue weighted by atomic mass is 32.2. The Bertz CT molecular complexity index is 1120. The highest BCUT2D eigenvalue weighted by Gasteiger charge is 2.41. The molecule has 2 aromatic rings. The lowest BCUT2D eigenvalue weighted by Gasteiger charge is -2.27. The average Bonchev–Trinajstić information content (AvgIpc) is 3.13. The molecule has 0 aliphatic carbocycles. The molecule has 162 valence electrons. The summed E-state index contributed by atoms with van der Waals surface area (Å²) in [6.07, 6.45) is 2.62. The van der Waals surface area contributed by atoms with E-state index >= 15 is 0 Å². The summed E-state index contributed by atoms with van der Waals surface area (Å²) in [5, 5.41) is 1.30. The van der Waals surface area contributed by atoms with E-state index in [-0.39, 0.29) is 23.2 Å². The molecule has 9 nitrogen and oxygen atoms in total. The molecule has 1 fully saturated rings. The van der Waals surface area contributed by atoms with Gasteiger partial charge in [0.2, 0.25) is 10.0 Å². The van der Waals surface area contributed by atoms with E-state index in [1.807, 2.05) is 6.92 Å². The van der Waals surface area contributed by atoms with Crippen molar-refractivity contribution in [3.63, 3.8) is 0 Å². The van der Waals surface area contributed by atoms with Gasteiger partial charge in [-0.15, -0.1) is 0 Å². The molecule has 1 saturated heterocycles. The predicted molar refractivity (Wildman–Crippen MR) is 115 cm³/mol. The largest absolute Gasteiger partial charge is 0.459 e. The number of fused-ring (bicyclic) bond motifs is 1. The fourth-order valence-corrected chi connectivity index (χ4v) is 5.16. The second-order valence-electron chi connectivity index (χ2n) is 8.32. The molecule has 0 amide bonds. The van der Waals surface area contributed by atoms with Crippen molar-refractivity contribution in [2.75, 3.05) is 6.54 Å². The number of sulfonamides is 1. The minimum absolute atomic E-state index is 0.0462. The van der Waals surface area contributed by atoms with E-state index in [4.69, 9.17) is 16.2 Å². The number of aryl methyl sites for hydroxylation is 1. The Labute approximate surface area is 176 Å². The number of guanidine groups is 1. The lowest BCUT2D eigenvalue weighted by molar-refractivity contribution is -0.158. The van der Waals surface area contributed by atoms with Gasteiger partial charge in [0.1, 0.15) is 11.6 Å². The number of nitrogens with two attached hydrogens (primary N) is 2. The van der Waals surface area contributed by atoms with E-state index in [1.54, 1.807) is 33.0 Å². The van der Waals surface area contributed by atoms with Crippen LogP contribution in [-0.2, 0) is 19.6 Å². The van der Waals surface area contributed by atoms with Crippen LogP contribution < -0.4 is 11.5 Å². The van der Waals surface area contributed by atoms with E-state index in [9.17, 15) is 13.2 Å². The number of nitrogens with zero attached hydrogens (tertiary/aromatic N) is 3. The number of hydrogen-bond acceptors (Lipinski definition) is 6. The van der Waals surface area contributed by atoms with Crippen molar-refractivity contribution < 1.29 is 17.9 Å². The Hall–Kier alpha value is -2.72. The van der Waals surface area contributed by atoms with E-state index in [0.29, 0.717) is 18.2 Å². The lowest BCUT2D eigenvalue weighted by Crippen LogP contribution is -2.43. The first-order valence-electron chi connectivity index (χ1n) is 9.64. The van der Waals surface area contributed by atoms with Crippen LogP contribution in [0.25, 0.3) is 10.8 Å². The Morgan fingerprint density at radius 1 is 1.27 bits per heavy atom. The minimum Gasteiger partial charge on any atom is -0.459 e. The number of carbonyl (C=O) groups is 1. The quantitative estimate of drug-likeness (QED) is 0.426. The average molecular weight is 434 g/mol. The van der Waals surface area contributed by atoms with Crippen LogP contribution in [0.3, 0.4) is 0 Å². The number of hydrogen-bond donors (Lipinski definition) is 2. The molecule has 30 heavy (non-hydrogen) atoms. The van der Waals surface area contributed by atoms with Crippen LogP contribution in [0.2, 0.25) is 0 Å². The maximum atomic E-state index is 13.4. The first kappa shape index (κ1) is 22.0. The van der Waals surface area contributed by atoms with Crippen LogP contribution in [0.5, 0.6) is 0 Å². The molecule has 1 aromatic heterocycles. The van der Waals surface area contributed by atoms with Crippen molar-refractivity contribution in [2.24, 2.45) is 16.5 Å². The van der Waals surface area contributed by atoms with Gasteiger partial charge in [-0.2, -0.15) is 9.30 Å². The number of carbonyl (C=O) groups excluding carboxylic acids is 1. The lowest BCUT2D eigenvalue weighted by atomic mass is 10.1. The molecule has 1 aliphatic heterocycles. The summed E-state index contributed by atoms with van der Waals surface area (Å²) in [6.45, 7) is 7.37. The number of aliphatic imine (C=N–C) groups is 1. The summed E-state index contributed by atoms with van der Waals surface area (Å²) in [4.78, 5) is 20.9. The third-order valence-corrected chi connectivity index (χ3v) is 6.67. The van der Waals surface area contributed by atoms with Crippen molar-refractivity contribution in [1.82, 2.24) is 9.29 Å². The van der Waals surface area contributed by atoms with Crippen LogP contribution in [0.15, 0.2) is 34.3 Å². The Balaban J connectivity index is 2.05. The topological polar surface area (TPSA) is 141 Å². The van der Waals surface area contributed by atoms with Crippen molar-refractivity contribution in [1.29, 1.82) is 0 Å².